The number of aliphatic hydroxyl groups excluding tert-OH is 1. The molecular formula is C18H31NO4S. The molecule has 0 aliphatic heterocycles. The van der Waals surface area contributed by atoms with Crippen LogP contribution in [0.3, 0.4) is 0 Å². The van der Waals surface area contributed by atoms with Gasteiger partial charge in [-0.2, -0.15) is 0 Å². The molecule has 0 bridgehead atoms. The normalized spacial score (nSPS) is 24.9. The molecule has 138 valence electrons. The van der Waals surface area contributed by atoms with Crippen LogP contribution in [0.2, 0.25) is 0 Å². The molecule has 4 unspecified atom stereocenters. The summed E-state index contributed by atoms with van der Waals surface area (Å²) in [5, 5.41) is 14.7. The Kier molecular flexibility index (Phi) is 8.67. The van der Waals surface area contributed by atoms with Crippen molar-refractivity contribution in [2.45, 2.75) is 65.6 Å². The van der Waals surface area contributed by atoms with Crippen molar-refractivity contribution in [2.75, 3.05) is 12.4 Å². The second-order valence-electron chi connectivity index (χ2n) is 6.36. The summed E-state index contributed by atoms with van der Waals surface area (Å²) in [5.74, 6) is 0.513. The number of ketones is 1. The van der Waals surface area contributed by atoms with E-state index in [2.05, 4.69) is 5.16 Å². The predicted molar refractivity (Wildman–Crippen MR) is 98.7 cm³/mol. The summed E-state index contributed by atoms with van der Waals surface area (Å²) < 4.78 is 11.9. The van der Waals surface area contributed by atoms with Crippen LogP contribution in [0.15, 0.2) is 16.5 Å². The van der Waals surface area contributed by atoms with Gasteiger partial charge in [-0.3, -0.25) is 9.00 Å². The van der Waals surface area contributed by atoms with Crippen molar-refractivity contribution < 1.29 is 18.9 Å². The molecule has 0 saturated heterocycles. The molecule has 0 saturated carbocycles. The van der Waals surface area contributed by atoms with Crippen LogP contribution in [0, 0.1) is 11.8 Å². The smallest absolute Gasteiger partial charge is 0.168 e. The monoisotopic (exact) mass is 357 g/mol. The lowest BCUT2D eigenvalue weighted by molar-refractivity contribution is -0.117. The first-order valence-electron chi connectivity index (χ1n) is 8.89. The number of carbonyl (C=O) groups excluding carboxylic acids is 1. The lowest BCUT2D eigenvalue weighted by atomic mass is 9.76. The Morgan fingerprint density at radius 3 is 2.62 bits per heavy atom. The van der Waals surface area contributed by atoms with E-state index in [9.17, 15) is 14.1 Å². The Hall–Kier alpha value is -1.17. The fourth-order valence-corrected chi connectivity index (χ4v) is 4.15. The largest absolute Gasteiger partial charge is 0.511 e. The third-order valence-corrected chi connectivity index (χ3v) is 6.23. The number of hydrogen-bond acceptors (Lipinski definition) is 5. The highest BCUT2D eigenvalue weighted by Gasteiger charge is 2.36. The molecule has 1 aliphatic carbocycles. The van der Waals surface area contributed by atoms with Gasteiger partial charge in [0.2, 0.25) is 0 Å². The second kappa shape index (κ2) is 9.97. The van der Waals surface area contributed by atoms with Crippen molar-refractivity contribution in [3.8, 4) is 0 Å². The maximum atomic E-state index is 12.6. The van der Waals surface area contributed by atoms with Crippen LogP contribution in [0.25, 0.3) is 0 Å². The van der Waals surface area contributed by atoms with E-state index in [-0.39, 0.29) is 28.6 Å². The molecule has 1 rings (SSSR count). The van der Waals surface area contributed by atoms with Gasteiger partial charge in [0.1, 0.15) is 12.4 Å². The summed E-state index contributed by atoms with van der Waals surface area (Å²) in [5.41, 5.74) is 0.871. The van der Waals surface area contributed by atoms with Gasteiger partial charge >= 0.3 is 0 Å². The zero-order valence-corrected chi connectivity index (χ0v) is 16.3. The molecule has 0 fully saturated rings. The van der Waals surface area contributed by atoms with E-state index < -0.39 is 10.8 Å². The first-order valence-corrected chi connectivity index (χ1v) is 10.3. The number of allylic oxidation sites excluding steroid dienone is 2. The third-order valence-electron chi connectivity index (χ3n) is 4.57. The minimum absolute atomic E-state index is 0.0155. The Bertz CT molecular complexity index is 527. The van der Waals surface area contributed by atoms with Gasteiger partial charge in [0.05, 0.1) is 11.3 Å². The molecular weight excluding hydrogens is 326 g/mol. The first-order chi connectivity index (χ1) is 11.4. The summed E-state index contributed by atoms with van der Waals surface area (Å²) in [6, 6.07) is 0. The van der Waals surface area contributed by atoms with Gasteiger partial charge < -0.3 is 9.94 Å². The van der Waals surface area contributed by atoms with Crippen molar-refractivity contribution >= 4 is 22.3 Å². The summed E-state index contributed by atoms with van der Waals surface area (Å²) in [6.45, 7) is 10.0. The molecule has 0 radical (unpaired) electrons. The number of oxime groups is 1. The van der Waals surface area contributed by atoms with Crippen LogP contribution < -0.4 is 0 Å². The second-order valence-corrected chi connectivity index (χ2v) is 8.50. The van der Waals surface area contributed by atoms with E-state index in [1.54, 1.807) is 0 Å². The zero-order valence-electron chi connectivity index (χ0n) is 15.5. The van der Waals surface area contributed by atoms with E-state index in [0.717, 1.165) is 6.42 Å². The van der Waals surface area contributed by atoms with E-state index in [1.807, 2.05) is 34.6 Å². The minimum atomic E-state index is -0.888. The van der Waals surface area contributed by atoms with Gasteiger partial charge in [-0.15, -0.1) is 0 Å². The maximum absolute atomic E-state index is 12.6. The molecule has 1 aliphatic rings. The number of Topliss-reactive ketones (excluding diaryl/α,β-unsaturated/α-hetero) is 1. The molecule has 0 aromatic carbocycles. The maximum Gasteiger partial charge on any atom is 0.168 e. The Balaban J connectivity index is 3.04. The SMILES string of the molecule is CCC/C(=N/OCC)C1=C(O)C(C)C(CC(C)S(=O)CC)CC1=O. The summed E-state index contributed by atoms with van der Waals surface area (Å²) >= 11 is 0. The average molecular weight is 358 g/mol. The van der Waals surface area contributed by atoms with Crippen LogP contribution in [0.4, 0.5) is 0 Å². The molecule has 0 spiro atoms. The van der Waals surface area contributed by atoms with E-state index in [0.29, 0.717) is 42.9 Å². The molecule has 5 nitrogen and oxygen atoms in total. The molecule has 6 heteroatoms. The van der Waals surface area contributed by atoms with Crippen molar-refractivity contribution in [2.24, 2.45) is 17.0 Å². The molecule has 24 heavy (non-hydrogen) atoms. The highest BCUT2D eigenvalue weighted by Crippen LogP contribution is 2.36. The van der Waals surface area contributed by atoms with E-state index >= 15 is 0 Å². The molecule has 0 amide bonds. The minimum Gasteiger partial charge on any atom is -0.511 e. The average Bonchev–Trinajstić information content (AvgIpc) is 2.56. The van der Waals surface area contributed by atoms with Crippen LogP contribution in [-0.2, 0) is 20.4 Å². The number of rotatable bonds is 9. The summed E-state index contributed by atoms with van der Waals surface area (Å²) in [4.78, 5) is 17.8. The lowest BCUT2D eigenvalue weighted by Crippen LogP contribution is -2.32. The van der Waals surface area contributed by atoms with Gasteiger partial charge in [-0.1, -0.05) is 39.3 Å². The van der Waals surface area contributed by atoms with E-state index in [4.69, 9.17) is 4.84 Å². The fraction of sp³-hybridized carbons (Fsp3) is 0.778. The standard InChI is InChI=1S/C18H31NO4S/c1-6-9-15(19-23-7-2)17-16(20)11-14(13(5)18(17)21)10-12(4)24(22)8-3/h12-14,21H,6-11H2,1-5H3/b19-15-. The highest BCUT2D eigenvalue weighted by atomic mass is 32.2. The Labute approximate surface area is 148 Å². The van der Waals surface area contributed by atoms with Gasteiger partial charge in [0.15, 0.2) is 5.78 Å². The van der Waals surface area contributed by atoms with Gasteiger partial charge in [-0.25, -0.2) is 0 Å². The van der Waals surface area contributed by atoms with Crippen molar-refractivity contribution in [1.82, 2.24) is 0 Å². The van der Waals surface area contributed by atoms with Crippen molar-refractivity contribution in [3.63, 3.8) is 0 Å². The zero-order chi connectivity index (χ0) is 18.3. The quantitative estimate of drug-likeness (QED) is 0.503. The molecule has 1 N–H and O–H groups in total. The molecule has 4 atom stereocenters. The van der Waals surface area contributed by atoms with Crippen molar-refractivity contribution in [1.29, 1.82) is 0 Å². The van der Waals surface area contributed by atoms with Gasteiger partial charge in [0.25, 0.3) is 0 Å². The molecule has 0 aromatic rings. The number of aliphatic hydroxyl groups is 1. The number of hydrogen-bond donors (Lipinski definition) is 1. The Morgan fingerprint density at radius 1 is 1.42 bits per heavy atom. The first kappa shape index (κ1) is 20.9. The van der Waals surface area contributed by atoms with Crippen LogP contribution in [0.5, 0.6) is 0 Å². The van der Waals surface area contributed by atoms with Crippen molar-refractivity contribution in [3.05, 3.63) is 11.3 Å². The summed E-state index contributed by atoms with van der Waals surface area (Å²) in [6.07, 6.45) is 2.45. The van der Waals surface area contributed by atoms with Crippen LogP contribution in [0.1, 0.15) is 60.3 Å². The van der Waals surface area contributed by atoms with Crippen LogP contribution >= 0.6 is 0 Å². The van der Waals surface area contributed by atoms with Crippen LogP contribution in [-0.4, -0.2) is 38.4 Å². The predicted octanol–water partition coefficient (Wildman–Crippen LogP) is 3.76. The number of nitrogens with zero attached hydrogens (tertiary/aromatic N) is 1. The molecule has 0 aromatic heterocycles. The van der Waals surface area contributed by atoms with Gasteiger partial charge in [0, 0.05) is 34.1 Å². The highest BCUT2D eigenvalue weighted by molar-refractivity contribution is 7.85. The lowest BCUT2D eigenvalue weighted by Gasteiger charge is -2.31. The Morgan fingerprint density at radius 2 is 2.08 bits per heavy atom. The molecule has 0 heterocycles. The number of carbonyl (C=O) groups is 1. The topological polar surface area (TPSA) is 76.0 Å². The third kappa shape index (κ3) is 5.16. The van der Waals surface area contributed by atoms with Gasteiger partial charge in [-0.05, 0) is 25.7 Å². The summed E-state index contributed by atoms with van der Waals surface area (Å²) in [7, 11) is -0.888. The van der Waals surface area contributed by atoms with E-state index in [1.165, 1.54) is 0 Å². The fourth-order valence-electron chi connectivity index (χ4n) is 3.12.